The Morgan fingerprint density at radius 2 is 1.94 bits per heavy atom. The van der Waals surface area contributed by atoms with E-state index >= 15 is 0 Å². The van der Waals surface area contributed by atoms with Gasteiger partial charge in [0.15, 0.2) is 0 Å². The maximum atomic E-state index is 11.9. The summed E-state index contributed by atoms with van der Waals surface area (Å²) in [7, 11) is 0. The van der Waals surface area contributed by atoms with Crippen molar-refractivity contribution in [3.05, 3.63) is 12.2 Å². The number of hydrogen-bond donors (Lipinski definition) is 3. The van der Waals surface area contributed by atoms with Crippen LogP contribution < -0.4 is 5.32 Å². The van der Waals surface area contributed by atoms with E-state index in [0.717, 1.165) is 6.42 Å². The Balaban J connectivity index is 2.06. The zero-order chi connectivity index (χ0) is 12.6. The van der Waals surface area contributed by atoms with E-state index in [2.05, 4.69) is 5.32 Å². The van der Waals surface area contributed by atoms with Gasteiger partial charge < -0.3 is 15.5 Å². The second kappa shape index (κ2) is 4.49. The third-order valence-electron chi connectivity index (χ3n) is 3.62. The monoisotopic (exact) mass is 239 g/mol. The predicted molar refractivity (Wildman–Crippen MR) is 60.0 cm³/mol. The molecule has 0 aromatic heterocycles. The number of hydrogen-bond acceptors (Lipinski definition) is 3. The molecule has 94 valence electrons. The van der Waals surface area contributed by atoms with E-state index in [0.29, 0.717) is 0 Å². The van der Waals surface area contributed by atoms with Crippen LogP contribution in [0.5, 0.6) is 0 Å². The second-order valence-corrected chi connectivity index (χ2v) is 4.93. The Bertz CT molecular complexity index is 364. The van der Waals surface area contributed by atoms with Gasteiger partial charge in [0, 0.05) is 6.54 Å². The first-order chi connectivity index (χ1) is 8.00. The summed E-state index contributed by atoms with van der Waals surface area (Å²) >= 11 is 0. The van der Waals surface area contributed by atoms with Gasteiger partial charge in [-0.1, -0.05) is 12.2 Å². The highest BCUT2D eigenvalue weighted by molar-refractivity contribution is 5.86. The van der Waals surface area contributed by atoms with Gasteiger partial charge in [0.25, 0.3) is 0 Å². The minimum Gasteiger partial charge on any atom is -0.481 e. The van der Waals surface area contributed by atoms with Crippen LogP contribution in [0.25, 0.3) is 0 Å². The Labute approximate surface area is 99.5 Å². The molecule has 3 N–H and O–H groups in total. The molecule has 5 nitrogen and oxygen atoms in total. The van der Waals surface area contributed by atoms with Crippen molar-refractivity contribution in [2.24, 2.45) is 23.7 Å². The molecule has 1 saturated carbocycles. The number of fused-ring (bicyclic) bond motifs is 2. The lowest BCUT2D eigenvalue weighted by molar-refractivity contribution is -0.147. The molecule has 5 heteroatoms. The van der Waals surface area contributed by atoms with Crippen LogP contribution in [0.15, 0.2) is 12.2 Å². The Morgan fingerprint density at radius 1 is 1.35 bits per heavy atom. The van der Waals surface area contributed by atoms with Crippen LogP contribution in [0.2, 0.25) is 0 Å². The molecule has 2 bridgehead atoms. The molecule has 0 aliphatic heterocycles. The first kappa shape index (κ1) is 12.1. The maximum absolute atomic E-state index is 11.9. The predicted octanol–water partition coefficient (Wildman–Crippen LogP) is 0.00630. The van der Waals surface area contributed by atoms with Crippen LogP contribution in [0, 0.1) is 23.7 Å². The van der Waals surface area contributed by atoms with Gasteiger partial charge in [-0.25, -0.2) is 0 Å². The third kappa shape index (κ3) is 2.20. The average Bonchev–Trinajstić information content (AvgIpc) is 2.84. The van der Waals surface area contributed by atoms with Gasteiger partial charge in [0.2, 0.25) is 5.91 Å². The summed E-state index contributed by atoms with van der Waals surface area (Å²) in [5.41, 5.74) is 0. The van der Waals surface area contributed by atoms with Crippen molar-refractivity contribution in [2.45, 2.75) is 19.4 Å². The van der Waals surface area contributed by atoms with Crippen molar-refractivity contribution in [3.63, 3.8) is 0 Å². The standard InChI is InChI=1S/C12H17NO4/c1-6(14)5-13-11(15)9-7-2-3-8(4-7)10(9)12(16)17/h2-3,6-10,14H,4-5H2,1H3,(H,13,15)(H,16,17)/t6-,7?,8?,9?,10?/m1/s1. The van der Waals surface area contributed by atoms with Crippen molar-refractivity contribution in [3.8, 4) is 0 Å². The first-order valence-electron chi connectivity index (χ1n) is 5.87. The number of carbonyl (C=O) groups is 2. The van der Waals surface area contributed by atoms with Gasteiger partial charge in [-0.3, -0.25) is 9.59 Å². The molecule has 2 aliphatic rings. The highest BCUT2D eigenvalue weighted by Crippen LogP contribution is 2.48. The Morgan fingerprint density at radius 3 is 2.47 bits per heavy atom. The number of aliphatic hydroxyl groups excluding tert-OH is 1. The van der Waals surface area contributed by atoms with Gasteiger partial charge in [-0.15, -0.1) is 0 Å². The van der Waals surface area contributed by atoms with Crippen molar-refractivity contribution in [2.75, 3.05) is 6.54 Å². The first-order valence-corrected chi connectivity index (χ1v) is 5.87. The van der Waals surface area contributed by atoms with Crippen molar-refractivity contribution in [1.82, 2.24) is 5.32 Å². The Hall–Kier alpha value is -1.36. The molecule has 0 aromatic rings. The van der Waals surface area contributed by atoms with Crippen LogP contribution in [0.4, 0.5) is 0 Å². The van der Waals surface area contributed by atoms with Crippen molar-refractivity contribution < 1.29 is 19.8 Å². The van der Waals surface area contributed by atoms with E-state index in [9.17, 15) is 9.59 Å². The highest BCUT2D eigenvalue weighted by atomic mass is 16.4. The average molecular weight is 239 g/mol. The summed E-state index contributed by atoms with van der Waals surface area (Å²) in [6.07, 6.45) is 3.99. The van der Waals surface area contributed by atoms with Crippen LogP contribution in [0.1, 0.15) is 13.3 Å². The number of allylic oxidation sites excluding steroid dienone is 2. The third-order valence-corrected chi connectivity index (χ3v) is 3.62. The van der Waals surface area contributed by atoms with E-state index in [1.165, 1.54) is 0 Å². The van der Waals surface area contributed by atoms with Crippen LogP contribution in [-0.2, 0) is 9.59 Å². The molecule has 2 rings (SSSR count). The molecular weight excluding hydrogens is 222 g/mol. The molecule has 0 spiro atoms. The normalized spacial score (nSPS) is 35.9. The van der Waals surface area contributed by atoms with Crippen molar-refractivity contribution in [1.29, 1.82) is 0 Å². The summed E-state index contributed by atoms with van der Waals surface area (Å²) < 4.78 is 0. The topological polar surface area (TPSA) is 86.6 Å². The van der Waals surface area contributed by atoms with Crippen LogP contribution in [0.3, 0.4) is 0 Å². The van der Waals surface area contributed by atoms with Crippen molar-refractivity contribution >= 4 is 11.9 Å². The number of aliphatic hydroxyl groups is 1. The number of carbonyl (C=O) groups excluding carboxylic acids is 1. The van der Waals surface area contributed by atoms with E-state index in [1.54, 1.807) is 6.92 Å². The molecule has 5 atom stereocenters. The molecule has 1 fully saturated rings. The number of carboxylic acid groups (broad SMARTS) is 1. The molecule has 2 aliphatic carbocycles. The summed E-state index contributed by atoms with van der Waals surface area (Å²) in [5, 5.41) is 20.9. The zero-order valence-corrected chi connectivity index (χ0v) is 9.67. The number of aliphatic carboxylic acids is 1. The number of amides is 1. The molecule has 0 aromatic carbocycles. The van der Waals surface area contributed by atoms with E-state index in [-0.39, 0.29) is 24.3 Å². The lowest BCUT2D eigenvalue weighted by Gasteiger charge is -2.24. The van der Waals surface area contributed by atoms with E-state index < -0.39 is 23.9 Å². The number of carboxylic acids is 1. The van der Waals surface area contributed by atoms with Crippen LogP contribution >= 0.6 is 0 Å². The minimum atomic E-state index is -0.904. The number of rotatable bonds is 4. The fraction of sp³-hybridized carbons (Fsp3) is 0.667. The molecule has 0 radical (unpaired) electrons. The SMILES string of the molecule is C[C@@H](O)CNC(=O)C1C2C=CC(C2)C1C(=O)O. The minimum absolute atomic E-state index is 0.0141. The highest BCUT2D eigenvalue weighted by Gasteiger charge is 2.51. The van der Waals surface area contributed by atoms with Gasteiger partial charge in [0.1, 0.15) is 0 Å². The summed E-state index contributed by atoms with van der Waals surface area (Å²) in [6.45, 7) is 1.75. The maximum Gasteiger partial charge on any atom is 0.307 e. The summed E-state index contributed by atoms with van der Waals surface area (Å²) in [6, 6.07) is 0. The molecule has 0 heterocycles. The van der Waals surface area contributed by atoms with E-state index in [4.69, 9.17) is 10.2 Å². The van der Waals surface area contributed by atoms with Crippen LogP contribution in [-0.4, -0.2) is 34.7 Å². The summed E-state index contributed by atoms with van der Waals surface area (Å²) in [5.74, 6) is -2.23. The van der Waals surface area contributed by atoms with Gasteiger partial charge in [0.05, 0.1) is 17.9 Å². The number of nitrogens with one attached hydrogen (secondary N) is 1. The lowest BCUT2D eigenvalue weighted by atomic mass is 9.82. The molecule has 17 heavy (non-hydrogen) atoms. The smallest absolute Gasteiger partial charge is 0.307 e. The van der Waals surface area contributed by atoms with Gasteiger partial charge in [-0.2, -0.15) is 0 Å². The molecular formula is C12H17NO4. The fourth-order valence-corrected chi connectivity index (χ4v) is 2.88. The zero-order valence-electron chi connectivity index (χ0n) is 9.67. The summed E-state index contributed by atoms with van der Waals surface area (Å²) in [4.78, 5) is 23.1. The molecule has 4 unspecified atom stereocenters. The Kier molecular flexibility index (Phi) is 3.19. The van der Waals surface area contributed by atoms with Gasteiger partial charge >= 0.3 is 5.97 Å². The quantitative estimate of drug-likeness (QED) is 0.603. The molecule has 0 saturated heterocycles. The lowest BCUT2D eigenvalue weighted by Crippen LogP contribution is -2.42. The fourth-order valence-electron chi connectivity index (χ4n) is 2.88. The van der Waals surface area contributed by atoms with Gasteiger partial charge in [-0.05, 0) is 25.2 Å². The molecule has 1 amide bonds. The second-order valence-electron chi connectivity index (χ2n) is 4.93. The van der Waals surface area contributed by atoms with E-state index in [1.807, 2.05) is 12.2 Å². The largest absolute Gasteiger partial charge is 0.481 e.